The first-order valence-electron chi connectivity index (χ1n) is 5.00. The highest BCUT2D eigenvalue weighted by Gasteiger charge is 2.27. The highest BCUT2D eigenvalue weighted by Crippen LogP contribution is 2.33. The standard InChI is InChI=1S/C10H13ClN2O2/c1-13-10(8(11)5-12-13)9-4-2-3-7(6-14)15-9/h5-7,9H,2-4H2,1H3. The van der Waals surface area contributed by atoms with Gasteiger partial charge in [-0.25, -0.2) is 0 Å². The third-order valence-corrected chi connectivity index (χ3v) is 2.98. The van der Waals surface area contributed by atoms with Gasteiger partial charge in [-0.05, 0) is 19.3 Å². The van der Waals surface area contributed by atoms with Crippen LogP contribution in [0.1, 0.15) is 31.1 Å². The summed E-state index contributed by atoms with van der Waals surface area (Å²) in [6.07, 6.45) is 4.74. The van der Waals surface area contributed by atoms with Crippen LogP contribution in [0.2, 0.25) is 5.02 Å². The van der Waals surface area contributed by atoms with Crippen molar-refractivity contribution in [2.45, 2.75) is 31.5 Å². The summed E-state index contributed by atoms with van der Waals surface area (Å²) in [5, 5.41) is 4.66. The summed E-state index contributed by atoms with van der Waals surface area (Å²) in [5.74, 6) is 0. The van der Waals surface area contributed by atoms with Gasteiger partial charge in [-0.2, -0.15) is 5.10 Å². The molecule has 1 aromatic heterocycles. The van der Waals surface area contributed by atoms with Gasteiger partial charge in [0.1, 0.15) is 18.5 Å². The maximum Gasteiger partial charge on any atom is 0.148 e. The lowest BCUT2D eigenvalue weighted by Crippen LogP contribution is -2.24. The van der Waals surface area contributed by atoms with Gasteiger partial charge in [0, 0.05) is 7.05 Å². The van der Waals surface area contributed by atoms with E-state index in [9.17, 15) is 4.79 Å². The maximum absolute atomic E-state index is 10.7. The molecule has 0 N–H and O–H groups in total. The van der Waals surface area contributed by atoms with Crippen LogP contribution in [0, 0.1) is 0 Å². The van der Waals surface area contributed by atoms with Crippen LogP contribution in [0.5, 0.6) is 0 Å². The van der Waals surface area contributed by atoms with E-state index in [2.05, 4.69) is 5.10 Å². The van der Waals surface area contributed by atoms with Crippen LogP contribution >= 0.6 is 11.6 Å². The molecule has 1 aromatic rings. The number of aryl methyl sites for hydroxylation is 1. The second kappa shape index (κ2) is 4.33. The Balaban J connectivity index is 2.20. The molecule has 1 aliphatic heterocycles. The lowest BCUT2D eigenvalue weighted by Gasteiger charge is -2.27. The predicted molar refractivity (Wildman–Crippen MR) is 55.7 cm³/mol. The van der Waals surface area contributed by atoms with Crippen molar-refractivity contribution in [3.05, 3.63) is 16.9 Å². The Morgan fingerprint density at radius 3 is 3.07 bits per heavy atom. The van der Waals surface area contributed by atoms with Gasteiger partial charge in [0.05, 0.1) is 16.9 Å². The first-order valence-corrected chi connectivity index (χ1v) is 5.38. The zero-order valence-corrected chi connectivity index (χ0v) is 9.28. The highest BCUT2D eigenvalue weighted by atomic mass is 35.5. The molecule has 1 saturated heterocycles. The van der Waals surface area contributed by atoms with Crippen molar-refractivity contribution in [2.75, 3.05) is 0 Å². The number of aldehydes is 1. The molecular weight excluding hydrogens is 216 g/mol. The van der Waals surface area contributed by atoms with Crippen LogP contribution in [-0.2, 0) is 16.6 Å². The number of carbonyl (C=O) groups is 1. The van der Waals surface area contributed by atoms with E-state index in [1.807, 2.05) is 7.05 Å². The molecule has 0 amide bonds. The Hall–Kier alpha value is -0.870. The highest BCUT2D eigenvalue weighted by molar-refractivity contribution is 6.31. The smallest absolute Gasteiger partial charge is 0.148 e. The third kappa shape index (κ3) is 2.06. The molecule has 15 heavy (non-hydrogen) atoms. The lowest BCUT2D eigenvalue weighted by atomic mass is 10.0. The molecule has 5 heteroatoms. The summed E-state index contributed by atoms with van der Waals surface area (Å²) in [7, 11) is 1.83. The fraction of sp³-hybridized carbons (Fsp3) is 0.600. The molecule has 0 bridgehead atoms. The fourth-order valence-electron chi connectivity index (χ4n) is 1.94. The van der Waals surface area contributed by atoms with E-state index in [1.165, 1.54) is 0 Å². The van der Waals surface area contributed by atoms with Crippen molar-refractivity contribution in [3.63, 3.8) is 0 Å². The molecule has 82 valence electrons. The molecule has 1 aliphatic rings. The van der Waals surface area contributed by atoms with Gasteiger partial charge in [-0.3, -0.25) is 4.68 Å². The number of hydrogen-bond acceptors (Lipinski definition) is 3. The van der Waals surface area contributed by atoms with Crippen LogP contribution in [0.15, 0.2) is 6.20 Å². The monoisotopic (exact) mass is 228 g/mol. The van der Waals surface area contributed by atoms with E-state index < -0.39 is 0 Å². The van der Waals surface area contributed by atoms with Crippen LogP contribution in [0.25, 0.3) is 0 Å². The number of nitrogens with zero attached hydrogens (tertiary/aromatic N) is 2. The summed E-state index contributed by atoms with van der Waals surface area (Å²) in [6, 6.07) is 0. The number of aromatic nitrogens is 2. The minimum Gasteiger partial charge on any atom is -0.361 e. The van der Waals surface area contributed by atoms with Crippen LogP contribution in [-0.4, -0.2) is 22.2 Å². The predicted octanol–water partition coefficient (Wildman–Crippen LogP) is 1.88. The van der Waals surface area contributed by atoms with E-state index in [0.29, 0.717) is 5.02 Å². The summed E-state index contributed by atoms with van der Waals surface area (Å²) in [5.41, 5.74) is 0.864. The molecule has 2 atom stereocenters. The Morgan fingerprint density at radius 1 is 1.67 bits per heavy atom. The summed E-state index contributed by atoms with van der Waals surface area (Å²) >= 11 is 6.02. The number of carbonyl (C=O) groups excluding carboxylic acids is 1. The second-order valence-corrected chi connectivity index (χ2v) is 4.14. The zero-order chi connectivity index (χ0) is 10.8. The van der Waals surface area contributed by atoms with Crippen molar-refractivity contribution in [3.8, 4) is 0 Å². The molecule has 2 unspecified atom stereocenters. The first kappa shape index (κ1) is 10.6. The quantitative estimate of drug-likeness (QED) is 0.726. The topological polar surface area (TPSA) is 44.1 Å². The van der Waals surface area contributed by atoms with E-state index in [4.69, 9.17) is 16.3 Å². The van der Waals surface area contributed by atoms with Crippen LogP contribution in [0.3, 0.4) is 0 Å². The minimum absolute atomic E-state index is 0.103. The largest absolute Gasteiger partial charge is 0.361 e. The number of ether oxygens (including phenoxy) is 1. The average molecular weight is 229 g/mol. The van der Waals surface area contributed by atoms with Gasteiger partial charge < -0.3 is 9.53 Å². The van der Waals surface area contributed by atoms with Gasteiger partial charge in [0.25, 0.3) is 0 Å². The summed E-state index contributed by atoms with van der Waals surface area (Å²) < 4.78 is 7.34. The molecule has 2 rings (SSSR count). The molecular formula is C10H13ClN2O2. The number of halogens is 1. The lowest BCUT2D eigenvalue weighted by molar-refractivity contribution is -0.127. The molecule has 1 fully saturated rings. The number of rotatable bonds is 2. The van der Waals surface area contributed by atoms with Crippen molar-refractivity contribution >= 4 is 17.9 Å². The first-order chi connectivity index (χ1) is 7.22. The normalized spacial score (nSPS) is 26.5. The Bertz CT molecular complexity index is 345. The Kier molecular flexibility index (Phi) is 3.07. The molecule has 2 heterocycles. The van der Waals surface area contributed by atoms with Gasteiger partial charge in [-0.15, -0.1) is 0 Å². The SMILES string of the molecule is Cn1ncc(Cl)c1C1CCCC(C=O)O1. The molecule has 0 aromatic carbocycles. The van der Waals surface area contributed by atoms with E-state index in [1.54, 1.807) is 10.9 Å². The van der Waals surface area contributed by atoms with Gasteiger partial charge in [0.15, 0.2) is 0 Å². The Morgan fingerprint density at radius 2 is 2.47 bits per heavy atom. The summed E-state index contributed by atoms with van der Waals surface area (Å²) in [6.45, 7) is 0. The van der Waals surface area contributed by atoms with E-state index in [-0.39, 0.29) is 12.2 Å². The van der Waals surface area contributed by atoms with E-state index in [0.717, 1.165) is 31.2 Å². The van der Waals surface area contributed by atoms with E-state index >= 15 is 0 Å². The fourth-order valence-corrected chi connectivity index (χ4v) is 2.22. The molecule has 0 radical (unpaired) electrons. The van der Waals surface area contributed by atoms with Crippen LogP contribution < -0.4 is 0 Å². The molecule has 4 nitrogen and oxygen atoms in total. The van der Waals surface area contributed by atoms with Crippen molar-refractivity contribution in [1.82, 2.24) is 9.78 Å². The van der Waals surface area contributed by atoms with Crippen molar-refractivity contribution in [2.24, 2.45) is 7.05 Å². The molecule has 0 spiro atoms. The summed E-state index contributed by atoms with van der Waals surface area (Å²) in [4.78, 5) is 10.7. The molecule has 0 aliphatic carbocycles. The molecule has 0 saturated carbocycles. The van der Waals surface area contributed by atoms with Gasteiger partial charge >= 0.3 is 0 Å². The van der Waals surface area contributed by atoms with Gasteiger partial charge in [0.2, 0.25) is 0 Å². The maximum atomic E-state index is 10.7. The zero-order valence-electron chi connectivity index (χ0n) is 8.52. The Labute approximate surface area is 93.2 Å². The van der Waals surface area contributed by atoms with Crippen molar-refractivity contribution < 1.29 is 9.53 Å². The third-order valence-electron chi connectivity index (χ3n) is 2.69. The van der Waals surface area contributed by atoms with Crippen molar-refractivity contribution in [1.29, 1.82) is 0 Å². The van der Waals surface area contributed by atoms with Gasteiger partial charge in [-0.1, -0.05) is 11.6 Å². The number of hydrogen-bond donors (Lipinski definition) is 0. The second-order valence-electron chi connectivity index (χ2n) is 3.73. The average Bonchev–Trinajstić information content (AvgIpc) is 2.59. The van der Waals surface area contributed by atoms with Crippen LogP contribution in [0.4, 0.5) is 0 Å². The minimum atomic E-state index is -0.297.